The van der Waals surface area contributed by atoms with E-state index in [1.54, 1.807) is 10.7 Å². The molecule has 3 heterocycles. The quantitative estimate of drug-likeness (QED) is 0.502. The second kappa shape index (κ2) is 8.06. The highest BCUT2D eigenvalue weighted by Gasteiger charge is 2.33. The van der Waals surface area contributed by atoms with Crippen molar-refractivity contribution in [2.24, 2.45) is 0 Å². The normalized spacial score (nSPS) is 18.8. The number of rotatable bonds is 4. The first-order valence-corrected chi connectivity index (χ1v) is 11.0. The summed E-state index contributed by atoms with van der Waals surface area (Å²) in [5, 5.41) is 12.8. The Morgan fingerprint density at radius 2 is 1.94 bits per heavy atom. The molecule has 0 spiro atoms. The van der Waals surface area contributed by atoms with Gasteiger partial charge in [0, 0.05) is 17.0 Å². The summed E-state index contributed by atoms with van der Waals surface area (Å²) < 4.78 is 42.8. The smallest absolute Gasteiger partial charge is 0.168 e. The Labute approximate surface area is 186 Å². The van der Waals surface area contributed by atoms with Crippen molar-refractivity contribution in [3.63, 3.8) is 0 Å². The SMILES string of the molecule is Cc1ccc(-c2nnn([C@H]3CCCC(C)(C)O3)c2Cc2cc(C(C)(C)C)no2)c(F)c1F. The van der Waals surface area contributed by atoms with Crippen LogP contribution in [0.15, 0.2) is 22.7 Å². The number of aryl methyl sites for hydroxylation is 1. The fraction of sp³-hybridized carbons (Fsp3) is 0.542. The molecule has 0 amide bonds. The molecule has 1 aliphatic heterocycles. The topological polar surface area (TPSA) is 66.0 Å². The monoisotopic (exact) mass is 444 g/mol. The van der Waals surface area contributed by atoms with Gasteiger partial charge in [-0.15, -0.1) is 5.10 Å². The summed E-state index contributed by atoms with van der Waals surface area (Å²) in [6.45, 7) is 11.8. The molecule has 1 fully saturated rings. The van der Waals surface area contributed by atoms with E-state index in [4.69, 9.17) is 9.26 Å². The van der Waals surface area contributed by atoms with Gasteiger partial charge in [0.05, 0.1) is 23.4 Å². The van der Waals surface area contributed by atoms with E-state index < -0.39 is 11.6 Å². The van der Waals surface area contributed by atoms with Gasteiger partial charge in [-0.05, 0) is 51.7 Å². The molecule has 0 radical (unpaired) electrons. The van der Waals surface area contributed by atoms with Crippen LogP contribution in [0.25, 0.3) is 11.3 Å². The van der Waals surface area contributed by atoms with E-state index in [1.807, 2.05) is 40.7 Å². The summed E-state index contributed by atoms with van der Waals surface area (Å²) in [7, 11) is 0. The van der Waals surface area contributed by atoms with Gasteiger partial charge in [0.1, 0.15) is 11.5 Å². The van der Waals surface area contributed by atoms with Gasteiger partial charge in [-0.25, -0.2) is 13.5 Å². The molecule has 4 rings (SSSR count). The molecule has 3 aromatic rings. The standard InChI is InChI=1S/C24H30F2N4O2/c1-14-9-10-16(21(26)20(14)25)22-17(12-15-13-18(28-32-15)23(2,3)4)30(29-27-22)19-8-7-11-24(5,6)31-19/h9-10,13,19H,7-8,11-12H2,1-6H3/t19-/m1/s1. The molecule has 32 heavy (non-hydrogen) atoms. The Kier molecular flexibility index (Phi) is 5.69. The maximum absolute atomic E-state index is 14.9. The van der Waals surface area contributed by atoms with Crippen LogP contribution in [0.4, 0.5) is 8.78 Å². The first kappa shape index (κ1) is 22.6. The summed E-state index contributed by atoms with van der Waals surface area (Å²) >= 11 is 0. The van der Waals surface area contributed by atoms with Crippen molar-refractivity contribution in [2.75, 3.05) is 0 Å². The van der Waals surface area contributed by atoms with E-state index in [9.17, 15) is 8.78 Å². The molecule has 0 N–H and O–H groups in total. The van der Waals surface area contributed by atoms with Gasteiger partial charge in [0.15, 0.2) is 17.9 Å². The third kappa shape index (κ3) is 4.33. The molecular formula is C24H30F2N4O2. The highest BCUT2D eigenvalue weighted by molar-refractivity contribution is 5.63. The van der Waals surface area contributed by atoms with E-state index in [0.717, 1.165) is 25.0 Å². The third-order valence-corrected chi connectivity index (χ3v) is 5.95. The van der Waals surface area contributed by atoms with Crippen LogP contribution in [0, 0.1) is 18.6 Å². The molecule has 6 nitrogen and oxygen atoms in total. The van der Waals surface area contributed by atoms with Gasteiger partial charge in [0.2, 0.25) is 0 Å². The van der Waals surface area contributed by atoms with Gasteiger partial charge >= 0.3 is 0 Å². The highest BCUT2D eigenvalue weighted by Crippen LogP contribution is 2.37. The number of nitrogens with zero attached hydrogens (tertiary/aromatic N) is 4. The van der Waals surface area contributed by atoms with Crippen molar-refractivity contribution in [1.82, 2.24) is 20.2 Å². The first-order chi connectivity index (χ1) is 15.0. The summed E-state index contributed by atoms with van der Waals surface area (Å²) in [4.78, 5) is 0. The van der Waals surface area contributed by atoms with E-state index in [2.05, 4.69) is 15.5 Å². The Balaban J connectivity index is 1.80. The average molecular weight is 445 g/mol. The number of ether oxygens (including phenoxy) is 1. The molecule has 0 aliphatic carbocycles. The molecule has 172 valence electrons. The van der Waals surface area contributed by atoms with Crippen molar-refractivity contribution in [3.05, 3.63) is 52.5 Å². The van der Waals surface area contributed by atoms with Crippen LogP contribution in [0.3, 0.4) is 0 Å². The number of benzene rings is 1. The summed E-state index contributed by atoms with van der Waals surface area (Å²) in [6, 6.07) is 4.97. The maximum Gasteiger partial charge on any atom is 0.168 e. The number of halogens is 2. The van der Waals surface area contributed by atoms with E-state index in [0.29, 0.717) is 11.5 Å². The first-order valence-electron chi connectivity index (χ1n) is 11.0. The number of hydrogen-bond acceptors (Lipinski definition) is 5. The third-order valence-electron chi connectivity index (χ3n) is 5.95. The molecule has 1 aromatic carbocycles. The number of hydrogen-bond donors (Lipinski definition) is 0. The lowest BCUT2D eigenvalue weighted by Gasteiger charge is -2.36. The minimum Gasteiger partial charge on any atom is -0.361 e. The fourth-order valence-corrected chi connectivity index (χ4v) is 4.02. The molecule has 0 bridgehead atoms. The van der Waals surface area contributed by atoms with Crippen LogP contribution in [0.1, 0.15) is 82.8 Å². The van der Waals surface area contributed by atoms with Gasteiger partial charge in [0.25, 0.3) is 0 Å². The molecular weight excluding hydrogens is 414 g/mol. The Morgan fingerprint density at radius 3 is 2.59 bits per heavy atom. The Hall–Kier alpha value is -2.61. The molecule has 1 saturated heterocycles. The van der Waals surface area contributed by atoms with Crippen LogP contribution in [-0.2, 0) is 16.6 Å². The van der Waals surface area contributed by atoms with Crippen LogP contribution in [0.2, 0.25) is 0 Å². The highest BCUT2D eigenvalue weighted by atomic mass is 19.2. The fourth-order valence-electron chi connectivity index (χ4n) is 4.02. The van der Waals surface area contributed by atoms with E-state index >= 15 is 0 Å². The minimum atomic E-state index is -0.934. The van der Waals surface area contributed by atoms with E-state index in [-0.39, 0.29) is 40.5 Å². The number of aromatic nitrogens is 4. The lowest BCUT2D eigenvalue weighted by Crippen LogP contribution is -2.34. The summed E-state index contributed by atoms with van der Waals surface area (Å²) in [5.41, 5.74) is 1.53. The van der Waals surface area contributed by atoms with E-state index in [1.165, 1.54) is 13.0 Å². The van der Waals surface area contributed by atoms with Gasteiger partial charge in [-0.2, -0.15) is 0 Å². The molecule has 8 heteroatoms. The molecule has 0 saturated carbocycles. The van der Waals surface area contributed by atoms with Crippen molar-refractivity contribution < 1.29 is 18.0 Å². The molecule has 1 atom stereocenters. The Bertz CT molecular complexity index is 1130. The minimum absolute atomic E-state index is 0.0694. The molecule has 0 unspecified atom stereocenters. The predicted molar refractivity (Wildman–Crippen MR) is 116 cm³/mol. The van der Waals surface area contributed by atoms with Crippen LogP contribution < -0.4 is 0 Å². The van der Waals surface area contributed by atoms with Crippen LogP contribution in [0.5, 0.6) is 0 Å². The van der Waals surface area contributed by atoms with Gasteiger partial charge in [-0.3, -0.25) is 0 Å². The van der Waals surface area contributed by atoms with Gasteiger partial charge < -0.3 is 9.26 Å². The van der Waals surface area contributed by atoms with Crippen molar-refractivity contribution in [1.29, 1.82) is 0 Å². The zero-order valence-corrected chi connectivity index (χ0v) is 19.5. The van der Waals surface area contributed by atoms with Crippen LogP contribution in [-0.4, -0.2) is 25.8 Å². The van der Waals surface area contributed by atoms with Gasteiger partial charge in [-0.1, -0.05) is 37.2 Å². The molecule has 2 aromatic heterocycles. The van der Waals surface area contributed by atoms with Crippen molar-refractivity contribution in [2.45, 2.75) is 84.5 Å². The van der Waals surface area contributed by atoms with Crippen molar-refractivity contribution in [3.8, 4) is 11.3 Å². The predicted octanol–water partition coefficient (Wildman–Crippen LogP) is 5.89. The maximum atomic E-state index is 14.9. The summed E-state index contributed by atoms with van der Waals surface area (Å²) in [5.74, 6) is -1.22. The zero-order chi connectivity index (χ0) is 23.3. The second-order valence-corrected chi connectivity index (χ2v) is 10.2. The zero-order valence-electron chi connectivity index (χ0n) is 19.5. The summed E-state index contributed by atoms with van der Waals surface area (Å²) in [6.07, 6.45) is 2.60. The average Bonchev–Trinajstić information content (AvgIpc) is 3.33. The second-order valence-electron chi connectivity index (χ2n) is 10.2. The molecule has 1 aliphatic rings. The Morgan fingerprint density at radius 1 is 1.19 bits per heavy atom. The van der Waals surface area contributed by atoms with Crippen LogP contribution >= 0.6 is 0 Å². The largest absolute Gasteiger partial charge is 0.361 e. The lowest BCUT2D eigenvalue weighted by atomic mass is 9.92. The van der Waals surface area contributed by atoms with Crippen molar-refractivity contribution >= 4 is 0 Å². The lowest BCUT2D eigenvalue weighted by molar-refractivity contribution is -0.146.